The van der Waals surface area contributed by atoms with E-state index in [-0.39, 0.29) is 28.6 Å². The van der Waals surface area contributed by atoms with E-state index in [1.165, 1.54) is 24.3 Å². The van der Waals surface area contributed by atoms with E-state index in [9.17, 15) is 14.5 Å². The fourth-order valence-electron chi connectivity index (χ4n) is 2.34. The number of halogens is 1. The molecule has 0 radical (unpaired) electrons. The molecule has 0 aliphatic heterocycles. The minimum Gasteiger partial charge on any atom is -0.396 e. The number of rotatable bonds is 4. The van der Waals surface area contributed by atoms with Gasteiger partial charge in [-0.15, -0.1) is 6.42 Å². The number of nitro groups is 1. The van der Waals surface area contributed by atoms with Crippen molar-refractivity contribution in [3.63, 3.8) is 0 Å². The Morgan fingerprint density at radius 3 is 2.48 bits per heavy atom. The molecule has 0 atom stereocenters. The summed E-state index contributed by atoms with van der Waals surface area (Å²) in [6, 6.07) is 5.57. The highest BCUT2D eigenvalue weighted by Crippen LogP contribution is 2.35. The molecular formula is C17H16FN3O2. The van der Waals surface area contributed by atoms with Crippen LogP contribution in [0.3, 0.4) is 0 Å². The van der Waals surface area contributed by atoms with Crippen LogP contribution in [0, 0.1) is 34.2 Å². The van der Waals surface area contributed by atoms with E-state index in [0.717, 1.165) is 0 Å². The second-order valence-corrected chi connectivity index (χ2v) is 5.55. The van der Waals surface area contributed by atoms with Crippen LogP contribution in [0.5, 0.6) is 0 Å². The Morgan fingerprint density at radius 2 is 2.00 bits per heavy atom. The first kappa shape index (κ1) is 16.4. The van der Waals surface area contributed by atoms with E-state index < -0.39 is 10.7 Å². The summed E-state index contributed by atoms with van der Waals surface area (Å²) in [4.78, 5) is 15.2. The van der Waals surface area contributed by atoms with Gasteiger partial charge in [0, 0.05) is 5.56 Å². The minimum atomic E-state index is -0.551. The van der Waals surface area contributed by atoms with Crippen LogP contribution in [-0.4, -0.2) is 9.91 Å². The van der Waals surface area contributed by atoms with Crippen molar-refractivity contribution in [3.8, 4) is 23.6 Å². The highest BCUT2D eigenvalue weighted by Gasteiger charge is 2.26. The number of aromatic nitrogens is 1. The molecule has 0 aliphatic carbocycles. The summed E-state index contributed by atoms with van der Waals surface area (Å²) in [5, 5.41) is 11.4. The molecule has 5 nitrogen and oxygen atoms in total. The predicted octanol–water partition coefficient (Wildman–Crippen LogP) is 3.56. The topological polar surface area (TPSA) is 82.0 Å². The average molecular weight is 313 g/mol. The Morgan fingerprint density at radius 1 is 1.39 bits per heavy atom. The van der Waals surface area contributed by atoms with E-state index in [2.05, 4.69) is 10.9 Å². The summed E-state index contributed by atoms with van der Waals surface area (Å²) >= 11 is 0. The van der Waals surface area contributed by atoms with Crippen LogP contribution < -0.4 is 5.73 Å². The maximum Gasteiger partial charge on any atom is 0.308 e. The molecule has 2 rings (SSSR count). The van der Waals surface area contributed by atoms with E-state index in [0.29, 0.717) is 17.7 Å². The smallest absolute Gasteiger partial charge is 0.308 e. The number of terminal acetylenes is 1. The molecule has 0 spiro atoms. The van der Waals surface area contributed by atoms with Crippen LogP contribution in [0.15, 0.2) is 24.3 Å². The molecule has 1 aromatic carbocycles. The summed E-state index contributed by atoms with van der Waals surface area (Å²) in [7, 11) is 0. The number of nitrogens with zero attached hydrogens (tertiary/aromatic N) is 2. The molecule has 2 N–H and O–H groups in total. The minimum absolute atomic E-state index is 0.0139. The predicted molar refractivity (Wildman–Crippen MR) is 87.2 cm³/mol. The first-order chi connectivity index (χ1) is 10.8. The maximum atomic E-state index is 13.1. The van der Waals surface area contributed by atoms with E-state index in [1.54, 1.807) is 0 Å². The summed E-state index contributed by atoms with van der Waals surface area (Å²) < 4.78 is 13.1. The third-order valence-corrected chi connectivity index (χ3v) is 3.33. The van der Waals surface area contributed by atoms with Crippen LogP contribution in [-0.2, 0) is 6.42 Å². The van der Waals surface area contributed by atoms with Crippen molar-refractivity contribution < 1.29 is 9.31 Å². The molecule has 6 heteroatoms. The molecule has 118 valence electrons. The van der Waals surface area contributed by atoms with Crippen molar-refractivity contribution in [1.29, 1.82) is 0 Å². The van der Waals surface area contributed by atoms with Crippen molar-refractivity contribution in [2.45, 2.75) is 20.3 Å². The fourth-order valence-corrected chi connectivity index (χ4v) is 2.34. The first-order valence-electron chi connectivity index (χ1n) is 7.04. The molecule has 2 aromatic rings. The normalized spacial score (nSPS) is 10.6. The van der Waals surface area contributed by atoms with E-state index in [4.69, 9.17) is 12.2 Å². The van der Waals surface area contributed by atoms with Gasteiger partial charge in [0.25, 0.3) is 0 Å². The molecule has 0 fully saturated rings. The second kappa shape index (κ2) is 6.44. The fraction of sp³-hybridized carbons (Fsp3) is 0.235. The SMILES string of the molecule is C#Cc1c(N)c(-c2ccc(F)cc2)nc(CC(C)C)c1[N+](=O)[O-]. The largest absolute Gasteiger partial charge is 0.396 e. The number of nitrogen functional groups attached to an aromatic ring is 1. The highest BCUT2D eigenvalue weighted by molar-refractivity contribution is 5.81. The lowest BCUT2D eigenvalue weighted by Crippen LogP contribution is -2.09. The number of hydrogen-bond acceptors (Lipinski definition) is 4. The van der Waals surface area contributed by atoms with Gasteiger partial charge in [-0.25, -0.2) is 9.37 Å². The second-order valence-electron chi connectivity index (χ2n) is 5.55. The number of benzene rings is 1. The van der Waals surface area contributed by atoms with Crippen LogP contribution in [0.1, 0.15) is 25.1 Å². The van der Waals surface area contributed by atoms with Crippen LogP contribution >= 0.6 is 0 Å². The van der Waals surface area contributed by atoms with Crippen molar-refractivity contribution >= 4 is 11.4 Å². The molecule has 0 unspecified atom stereocenters. The summed E-state index contributed by atoms with van der Waals surface area (Å²) in [5.74, 6) is 2.05. The number of nitrogens with two attached hydrogens (primary N) is 1. The lowest BCUT2D eigenvalue weighted by molar-refractivity contribution is -0.386. The van der Waals surface area contributed by atoms with Gasteiger partial charge in [0.1, 0.15) is 17.1 Å². The zero-order valence-electron chi connectivity index (χ0n) is 12.8. The van der Waals surface area contributed by atoms with Crippen molar-refractivity contribution in [2.24, 2.45) is 5.92 Å². The zero-order valence-corrected chi connectivity index (χ0v) is 12.8. The molecule has 0 saturated heterocycles. The summed E-state index contributed by atoms with van der Waals surface area (Å²) in [5.41, 5.74) is 7.01. The number of anilines is 1. The molecule has 23 heavy (non-hydrogen) atoms. The molecule has 0 bridgehead atoms. The molecular weight excluding hydrogens is 297 g/mol. The van der Waals surface area contributed by atoms with Crippen LogP contribution in [0.2, 0.25) is 0 Å². The molecule has 1 aromatic heterocycles. The Kier molecular flexibility index (Phi) is 4.60. The lowest BCUT2D eigenvalue weighted by atomic mass is 9.99. The number of pyridine rings is 1. The monoisotopic (exact) mass is 313 g/mol. The Hall–Kier alpha value is -2.94. The molecule has 0 amide bonds. The molecule has 0 aliphatic rings. The van der Waals surface area contributed by atoms with Gasteiger partial charge in [-0.05, 0) is 36.6 Å². The average Bonchev–Trinajstić information content (AvgIpc) is 2.48. The van der Waals surface area contributed by atoms with Gasteiger partial charge in [-0.3, -0.25) is 10.1 Å². The standard InChI is InChI=1S/C17H16FN3O2/c1-4-13-15(19)16(11-5-7-12(18)8-6-11)20-14(9-10(2)3)17(13)21(22)23/h1,5-8,10H,9,19H2,2-3H3. The zero-order chi connectivity index (χ0) is 17.1. The third kappa shape index (κ3) is 3.29. The Labute approximate surface area is 133 Å². The van der Waals surface area contributed by atoms with Crippen molar-refractivity contribution in [3.05, 3.63) is 51.5 Å². The highest BCUT2D eigenvalue weighted by atomic mass is 19.1. The van der Waals surface area contributed by atoms with Crippen molar-refractivity contribution in [1.82, 2.24) is 4.98 Å². The quantitative estimate of drug-likeness (QED) is 0.531. The van der Waals surface area contributed by atoms with Gasteiger partial charge >= 0.3 is 5.69 Å². The van der Waals surface area contributed by atoms with E-state index >= 15 is 0 Å². The van der Waals surface area contributed by atoms with Gasteiger partial charge in [-0.2, -0.15) is 0 Å². The van der Waals surface area contributed by atoms with Gasteiger partial charge in [-0.1, -0.05) is 19.8 Å². The van der Waals surface area contributed by atoms with E-state index in [1.807, 2.05) is 13.8 Å². The first-order valence-corrected chi connectivity index (χ1v) is 7.04. The lowest BCUT2D eigenvalue weighted by Gasteiger charge is -2.13. The van der Waals surface area contributed by atoms with Gasteiger partial charge in [0.05, 0.1) is 16.3 Å². The van der Waals surface area contributed by atoms with Gasteiger partial charge in [0.2, 0.25) is 0 Å². The van der Waals surface area contributed by atoms with Gasteiger partial charge < -0.3 is 5.73 Å². The van der Waals surface area contributed by atoms with Gasteiger partial charge in [0.15, 0.2) is 0 Å². The maximum absolute atomic E-state index is 13.1. The molecule has 0 saturated carbocycles. The Bertz CT molecular complexity index is 793. The Balaban J connectivity index is 2.76. The summed E-state index contributed by atoms with van der Waals surface area (Å²) in [6.07, 6.45) is 5.83. The molecule has 1 heterocycles. The van der Waals surface area contributed by atoms with Crippen LogP contribution in [0.25, 0.3) is 11.3 Å². The van der Waals surface area contributed by atoms with Crippen LogP contribution in [0.4, 0.5) is 15.8 Å². The third-order valence-electron chi connectivity index (χ3n) is 3.33. The van der Waals surface area contributed by atoms with Crippen molar-refractivity contribution in [2.75, 3.05) is 5.73 Å². The summed E-state index contributed by atoms with van der Waals surface area (Å²) in [6.45, 7) is 3.85. The number of hydrogen-bond donors (Lipinski definition) is 1.